The zero-order valence-corrected chi connectivity index (χ0v) is 15.0. The van der Waals surface area contributed by atoms with Crippen LogP contribution < -0.4 is 0 Å². The summed E-state index contributed by atoms with van der Waals surface area (Å²) in [4.78, 5) is 7.94. The van der Waals surface area contributed by atoms with Gasteiger partial charge in [-0.2, -0.15) is 0 Å². The Morgan fingerprint density at radius 3 is 1.81 bits per heavy atom. The number of piperazine rings is 1. The van der Waals surface area contributed by atoms with Crippen molar-refractivity contribution in [2.75, 3.05) is 58.9 Å². The van der Waals surface area contributed by atoms with Crippen LogP contribution in [0.4, 0.5) is 0 Å². The molecule has 0 amide bonds. The van der Waals surface area contributed by atoms with Crippen molar-refractivity contribution in [1.29, 1.82) is 0 Å². The zero-order chi connectivity index (χ0) is 15.5. The van der Waals surface area contributed by atoms with Crippen molar-refractivity contribution < 1.29 is 0 Å². The van der Waals surface area contributed by atoms with Gasteiger partial charge < -0.3 is 9.80 Å². The van der Waals surface area contributed by atoms with Gasteiger partial charge in [0.15, 0.2) is 0 Å². The van der Waals surface area contributed by atoms with Crippen molar-refractivity contribution in [2.45, 2.75) is 53.4 Å². The van der Waals surface area contributed by atoms with E-state index in [2.05, 4.69) is 42.4 Å². The third-order valence-corrected chi connectivity index (χ3v) is 4.39. The second-order valence-corrected chi connectivity index (χ2v) is 6.87. The molecule has 125 valence electrons. The first kappa shape index (κ1) is 18.9. The maximum absolute atomic E-state index is 2.68. The van der Waals surface area contributed by atoms with Gasteiger partial charge in [-0.3, -0.25) is 4.90 Å². The Kier molecular flexibility index (Phi) is 10.3. The van der Waals surface area contributed by atoms with E-state index < -0.39 is 0 Å². The number of rotatable bonds is 11. The van der Waals surface area contributed by atoms with Gasteiger partial charge in [0.05, 0.1) is 0 Å². The molecule has 1 saturated heterocycles. The van der Waals surface area contributed by atoms with Crippen molar-refractivity contribution in [1.82, 2.24) is 14.7 Å². The summed E-state index contributed by atoms with van der Waals surface area (Å²) in [5.41, 5.74) is 0. The van der Waals surface area contributed by atoms with Crippen molar-refractivity contribution in [3.05, 3.63) is 5.92 Å². The summed E-state index contributed by atoms with van der Waals surface area (Å²) in [7, 11) is 0. The Labute approximate surface area is 133 Å². The summed E-state index contributed by atoms with van der Waals surface area (Å²) >= 11 is 0. The molecule has 0 spiro atoms. The third-order valence-electron chi connectivity index (χ3n) is 4.39. The summed E-state index contributed by atoms with van der Waals surface area (Å²) in [6.45, 7) is 20.4. The maximum atomic E-state index is 2.68. The largest absolute Gasteiger partial charge is 0.302 e. The predicted octanol–water partition coefficient (Wildman–Crippen LogP) is 3.12. The molecule has 1 aliphatic rings. The number of nitrogens with zero attached hydrogens (tertiary/aromatic N) is 3. The highest BCUT2D eigenvalue weighted by Gasteiger charge is 2.17. The third kappa shape index (κ3) is 8.80. The lowest BCUT2D eigenvalue weighted by Crippen LogP contribution is -2.49. The van der Waals surface area contributed by atoms with Gasteiger partial charge in [-0.1, -0.05) is 40.5 Å². The van der Waals surface area contributed by atoms with Crippen LogP contribution in [0.2, 0.25) is 0 Å². The predicted molar refractivity (Wildman–Crippen MR) is 93.7 cm³/mol. The van der Waals surface area contributed by atoms with E-state index in [1.54, 1.807) is 0 Å². The summed E-state index contributed by atoms with van der Waals surface area (Å²) in [6, 6.07) is 0. The molecule has 0 aliphatic carbocycles. The number of hydrogen-bond donors (Lipinski definition) is 0. The number of unbranched alkanes of at least 4 members (excludes halogenated alkanes) is 2. The minimum absolute atomic E-state index is 1.19. The van der Waals surface area contributed by atoms with Gasteiger partial charge in [0, 0.05) is 45.8 Å². The lowest BCUT2D eigenvalue weighted by molar-refractivity contribution is 0.120. The number of hydrogen-bond acceptors (Lipinski definition) is 3. The molecule has 1 radical (unpaired) electrons. The van der Waals surface area contributed by atoms with E-state index in [9.17, 15) is 0 Å². The monoisotopic (exact) mass is 296 g/mol. The Morgan fingerprint density at radius 1 is 0.810 bits per heavy atom. The Morgan fingerprint density at radius 2 is 1.33 bits per heavy atom. The quantitative estimate of drug-likeness (QED) is 0.580. The summed E-state index contributed by atoms with van der Waals surface area (Å²) in [5.74, 6) is 1.54. The van der Waals surface area contributed by atoms with Crippen LogP contribution >= 0.6 is 0 Å². The second-order valence-electron chi connectivity index (χ2n) is 6.87. The van der Waals surface area contributed by atoms with Gasteiger partial charge >= 0.3 is 0 Å². The smallest absolute Gasteiger partial charge is 0.0110 e. The first-order valence-corrected chi connectivity index (χ1v) is 9.11. The highest BCUT2D eigenvalue weighted by Crippen LogP contribution is 2.07. The fourth-order valence-corrected chi connectivity index (χ4v) is 3.00. The zero-order valence-electron chi connectivity index (χ0n) is 15.0. The molecule has 1 rings (SSSR count). The molecule has 3 heteroatoms. The van der Waals surface area contributed by atoms with Gasteiger partial charge in [-0.15, -0.1) is 0 Å². The van der Waals surface area contributed by atoms with Gasteiger partial charge in [-0.25, -0.2) is 0 Å². The van der Waals surface area contributed by atoms with E-state index in [0.717, 1.165) is 0 Å². The van der Waals surface area contributed by atoms with Gasteiger partial charge in [0.1, 0.15) is 0 Å². The SMILES string of the molecule is CCCCN(CCCC)CCN1CCN(C[C](C)C)CC1. The van der Waals surface area contributed by atoms with E-state index in [1.165, 1.54) is 90.5 Å². The molecule has 0 unspecified atom stereocenters. The minimum atomic E-state index is 1.19. The van der Waals surface area contributed by atoms with Crippen LogP contribution in [-0.4, -0.2) is 73.6 Å². The van der Waals surface area contributed by atoms with Gasteiger partial charge in [-0.05, 0) is 31.8 Å². The van der Waals surface area contributed by atoms with Gasteiger partial charge in [0.2, 0.25) is 0 Å². The van der Waals surface area contributed by atoms with E-state index in [-0.39, 0.29) is 0 Å². The molecule has 1 heterocycles. The standard InChI is InChI=1S/C18H38N3/c1-5-7-9-19(10-8-6-2)11-12-20-13-15-21(16-14-20)17-18(3)4/h5-17H2,1-4H3. The van der Waals surface area contributed by atoms with Crippen molar-refractivity contribution in [3.8, 4) is 0 Å². The second kappa shape index (κ2) is 11.4. The topological polar surface area (TPSA) is 9.72 Å². The molecule has 0 N–H and O–H groups in total. The van der Waals surface area contributed by atoms with Crippen LogP contribution in [0.25, 0.3) is 0 Å². The van der Waals surface area contributed by atoms with Crippen LogP contribution in [0.5, 0.6) is 0 Å². The van der Waals surface area contributed by atoms with Crippen molar-refractivity contribution in [3.63, 3.8) is 0 Å². The summed E-state index contributed by atoms with van der Waals surface area (Å²) < 4.78 is 0. The molecule has 0 saturated carbocycles. The first-order chi connectivity index (χ1) is 10.2. The van der Waals surface area contributed by atoms with Crippen LogP contribution in [0, 0.1) is 5.92 Å². The molecule has 3 nitrogen and oxygen atoms in total. The molecule has 0 aromatic rings. The Balaban J connectivity index is 2.20. The lowest BCUT2D eigenvalue weighted by atomic mass is 10.2. The average Bonchev–Trinajstić information content (AvgIpc) is 2.47. The molecule has 0 aromatic carbocycles. The first-order valence-electron chi connectivity index (χ1n) is 9.11. The van der Waals surface area contributed by atoms with Crippen molar-refractivity contribution in [2.24, 2.45) is 0 Å². The molecular weight excluding hydrogens is 258 g/mol. The Bertz CT molecular complexity index is 227. The molecule has 1 fully saturated rings. The van der Waals surface area contributed by atoms with E-state index in [4.69, 9.17) is 0 Å². The Hall–Kier alpha value is -0.120. The van der Waals surface area contributed by atoms with Crippen molar-refractivity contribution >= 4 is 0 Å². The van der Waals surface area contributed by atoms with E-state index >= 15 is 0 Å². The van der Waals surface area contributed by atoms with E-state index in [1.807, 2.05) is 0 Å². The normalized spacial score (nSPS) is 18.0. The van der Waals surface area contributed by atoms with Crippen LogP contribution in [0.15, 0.2) is 0 Å². The molecule has 0 aromatic heterocycles. The van der Waals surface area contributed by atoms with E-state index in [0.29, 0.717) is 0 Å². The molecule has 1 aliphatic heterocycles. The average molecular weight is 297 g/mol. The highest BCUT2D eigenvalue weighted by atomic mass is 15.3. The maximum Gasteiger partial charge on any atom is 0.0110 e. The summed E-state index contributed by atoms with van der Waals surface area (Å²) in [5, 5.41) is 0. The fraction of sp³-hybridized carbons (Fsp3) is 0.944. The highest BCUT2D eigenvalue weighted by molar-refractivity contribution is 4.84. The van der Waals surface area contributed by atoms with Gasteiger partial charge in [0.25, 0.3) is 0 Å². The minimum Gasteiger partial charge on any atom is -0.302 e. The molecule has 0 bridgehead atoms. The molecular formula is C18H38N3. The van der Waals surface area contributed by atoms with Crippen LogP contribution in [0.1, 0.15) is 53.4 Å². The van der Waals surface area contributed by atoms with Crippen LogP contribution in [0.3, 0.4) is 0 Å². The lowest BCUT2D eigenvalue weighted by Gasteiger charge is -2.36. The molecule has 21 heavy (non-hydrogen) atoms. The summed E-state index contributed by atoms with van der Waals surface area (Å²) in [6.07, 6.45) is 5.33. The van der Waals surface area contributed by atoms with Crippen LogP contribution in [-0.2, 0) is 0 Å². The fourth-order valence-electron chi connectivity index (χ4n) is 3.00. The molecule has 0 atom stereocenters.